The summed E-state index contributed by atoms with van der Waals surface area (Å²) in [6, 6.07) is 0. The first-order chi connectivity index (χ1) is 13.5. The first kappa shape index (κ1) is 18.6. The van der Waals surface area contributed by atoms with E-state index in [2.05, 4.69) is 41.7 Å². The fourth-order valence-corrected chi connectivity index (χ4v) is 7.58. The van der Waals surface area contributed by atoms with Gasteiger partial charge in [-0.3, -0.25) is 0 Å². The number of fused-ring (bicyclic) bond motifs is 5. The number of hydrogen-bond acceptors (Lipinski definition) is 3. The Morgan fingerprint density at radius 3 is 2.75 bits per heavy atom. The van der Waals surface area contributed by atoms with Gasteiger partial charge in [0.2, 0.25) is 0 Å². The van der Waals surface area contributed by atoms with Crippen LogP contribution in [0.25, 0.3) is 5.70 Å². The zero-order chi connectivity index (χ0) is 19.5. The highest BCUT2D eigenvalue weighted by Crippen LogP contribution is 2.67. The minimum atomic E-state index is -0.180. The molecular formula is C24H34N2O2. The quantitative estimate of drug-likeness (QED) is 0.768. The highest BCUT2D eigenvalue weighted by atomic mass is 16.3. The van der Waals surface area contributed by atoms with Gasteiger partial charge in [-0.25, -0.2) is 4.98 Å². The van der Waals surface area contributed by atoms with Crippen LogP contribution in [0.15, 0.2) is 36.4 Å². The lowest BCUT2D eigenvalue weighted by molar-refractivity contribution is -0.0504. The van der Waals surface area contributed by atoms with Crippen molar-refractivity contribution in [3.8, 4) is 0 Å². The average molecular weight is 383 g/mol. The van der Waals surface area contributed by atoms with Crippen LogP contribution in [0.2, 0.25) is 0 Å². The van der Waals surface area contributed by atoms with Crippen LogP contribution in [0.5, 0.6) is 0 Å². The van der Waals surface area contributed by atoms with Crippen molar-refractivity contribution in [1.29, 1.82) is 0 Å². The summed E-state index contributed by atoms with van der Waals surface area (Å²) in [6.45, 7) is 5.19. The van der Waals surface area contributed by atoms with E-state index < -0.39 is 0 Å². The lowest BCUT2D eigenvalue weighted by Gasteiger charge is -2.59. The summed E-state index contributed by atoms with van der Waals surface area (Å²) in [5.74, 6) is 2.35. The molecule has 0 aromatic carbocycles. The molecule has 5 rings (SSSR count). The third-order valence-electron chi connectivity index (χ3n) is 9.03. The number of nitrogens with zero attached hydrogens (tertiary/aromatic N) is 2. The molecule has 2 saturated carbocycles. The SMILES string of the molecule is C[C@]12CCC(O)CC1=CC(CCO)[C@@H]1[C@H]2CC[C@]2(C)C(n3ccnc3)=CC[C@@H]12. The monoisotopic (exact) mass is 382 g/mol. The van der Waals surface area contributed by atoms with Gasteiger partial charge in [0.15, 0.2) is 0 Å². The molecule has 2 unspecified atom stereocenters. The molecule has 0 saturated heterocycles. The third-order valence-corrected chi connectivity index (χ3v) is 9.03. The molecule has 1 heterocycles. The van der Waals surface area contributed by atoms with Crippen LogP contribution in [-0.2, 0) is 0 Å². The maximum Gasteiger partial charge on any atom is 0.0989 e. The second kappa shape index (κ2) is 6.56. The van der Waals surface area contributed by atoms with Crippen LogP contribution in [-0.4, -0.2) is 32.5 Å². The van der Waals surface area contributed by atoms with Crippen molar-refractivity contribution >= 4 is 5.70 Å². The van der Waals surface area contributed by atoms with Crippen molar-refractivity contribution in [3.05, 3.63) is 36.4 Å². The first-order valence-corrected chi connectivity index (χ1v) is 11.2. The largest absolute Gasteiger partial charge is 0.396 e. The maximum atomic E-state index is 10.3. The Morgan fingerprint density at radius 1 is 1.18 bits per heavy atom. The third kappa shape index (κ3) is 2.53. The number of allylic oxidation sites excluding steroid dienone is 3. The molecule has 4 aliphatic carbocycles. The van der Waals surface area contributed by atoms with Gasteiger partial charge in [0.1, 0.15) is 0 Å². The fourth-order valence-electron chi connectivity index (χ4n) is 7.58. The van der Waals surface area contributed by atoms with Crippen molar-refractivity contribution in [2.45, 2.75) is 64.9 Å². The second-order valence-corrected chi connectivity index (χ2v) is 10.2. The number of rotatable bonds is 3. The Labute approximate surface area is 168 Å². The lowest BCUT2D eigenvalue weighted by Crippen LogP contribution is -2.53. The summed E-state index contributed by atoms with van der Waals surface area (Å²) in [5.41, 5.74) is 3.32. The molecule has 0 bridgehead atoms. The molecule has 0 aliphatic heterocycles. The summed E-state index contributed by atoms with van der Waals surface area (Å²) >= 11 is 0. The van der Waals surface area contributed by atoms with Crippen LogP contribution in [0.3, 0.4) is 0 Å². The van der Waals surface area contributed by atoms with Gasteiger partial charge in [-0.1, -0.05) is 31.6 Å². The molecular weight excluding hydrogens is 348 g/mol. The maximum absolute atomic E-state index is 10.3. The number of aromatic nitrogens is 2. The van der Waals surface area contributed by atoms with E-state index in [9.17, 15) is 10.2 Å². The molecule has 0 radical (unpaired) electrons. The highest BCUT2D eigenvalue weighted by Gasteiger charge is 2.59. The van der Waals surface area contributed by atoms with Crippen LogP contribution < -0.4 is 0 Å². The van der Waals surface area contributed by atoms with E-state index in [1.807, 2.05) is 12.5 Å². The zero-order valence-electron chi connectivity index (χ0n) is 17.2. The summed E-state index contributed by atoms with van der Waals surface area (Å²) in [7, 11) is 0. The Morgan fingerprint density at radius 2 is 2.00 bits per heavy atom. The molecule has 1 aromatic rings. The van der Waals surface area contributed by atoms with E-state index >= 15 is 0 Å². The van der Waals surface area contributed by atoms with Gasteiger partial charge in [0, 0.05) is 30.1 Å². The van der Waals surface area contributed by atoms with Crippen molar-refractivity contribution in [1.82, 2.24) is 9.55 Å². The molecule has 2 N–H and O–H groups in total. The molecule has 4 aliphatic rings. The minimum absolute atomic E-state index is 0.180. The predicted octanol–water partition coefficient (Wildman–Crippen LogP) is 4.27. The molecule has 152 valence electrons. The Bertz CT molecular complexity index is 798. The summed E-state index contributed by atoms with van der Waals surface area (Å²) in [5, 5.41) is 20.1. The standard InChI is InChI=1S/C24H34N2O2/c1-23-8-5-18(28)14-17(23)13-16(7-12-27)22-19-3-4-21(26-11-10-25-15-26)24(19,2)9-6-20(22)23/h4,10-11,13,15-16,18-20,22,27-28H,3,5-9,12,14H2,1-2H3/t16?,18?,19-,20+,22-,23-,24-/m0/s1. The lowest BCUT2D eigenvalue weighted by atomic mass is 9.45. The molecule has 4 nitrogen and oxygen atoms in total. The number of hydrogen-bond donors (Lipinski definition) is 2. The molecule has 0 amide bonds. The predicted molar refractivity (Wildman–Crippen MR) is 110 cm³/mol. The summed E-state index contributed by atoms with van der Waals surface area (Å²) in [4.78, 5) is 4.29. The molecule has 4 heteroatoms. The van der Waals surface area contributed by atoms with E-state index in [1.54, 1.807) is 0 Å². The molecule has 28 heavy (non-hydrogen) atoms. The average Bonchev–Trinajstić information content (AvgIpc) is 3.30. The van der Waals surface area contributed by atoms with Gasteiger partial charge < -0.3 is 14.8 Å². The van der Waals surface area contributed by atoms with Crippen molar-refractivity contribution in [2.75, 3.05) is 6.61 Å². The van der Waals surface area contributed by atoms with E-state index in [1.165, 1.54) is 24.1 Å². The van der Waals surface area contributed by atoms with Crippen molar-refractivity contribution in [2.24, 2.45) is 34.5 Å². The Kier molecular flexibility index (Phi) is 4.37. The van der Waals surface area contributed by atoms with E-state index in [0.29, 0.717) is 23.7 Å². The van der Waals surface area contributed by atoms with Crippen LogP contribution in [0, 0.1) is 34.5 Å². The fraction of sp³-hybridized carbons (Fsp3) is 0.708. The van der Waals surface area contributed by atoms with E-state index in [4.69, 9.17) is 0 Å². The van der Waals surface area contributed by atoms with Crippen LogP contribution >= 0.6 is 0 Å². The van der Waals surface area contributed by atoms with E-state index in [-0.39, 0.29) is 23.5 Å². The first-order valence-electron chi connectivity index (χ1n) is 11.2. The normalized spacial score (nSPS) is 44.9. The highest BCUT2D eigenvalue weighted by molar-refractivity contribution is 5.57. The van der Waals surface area contributed by atoms with Crippen LogP contribution in [0.4, 0.5) is 0 Å². The van der Waals surface area contributed by atoms with Crippen molar-refractivity contribution in [3.63, 3.8) is 0 Å². The zero-order valence-corrected chi connectivity index (χ0v) is 17.2. The molecule has 7 atom stereocenters. The minimum Gasteiger partial charge on any atom is -0.396 e. The molecule has 1 aromatic heterocycles. The topological polar surface area (TPSA) is 58.3 Å². The van der Waals surface area contributed by atoms with Gasteiger partial charge in [0.05, 0.1) is 12.4 Å². The van der Waals surface area contributed by atoms with Gasteiger partial charge in [0.25, 0.3) is 0 Å². The van der Waals surface area contributed by atoms with Gasteiger partial charge >= 0.3 is 0 Å². The van der Waals surface area contributed by atoms with E-state index in [0.717, 1.165) is 32.1 Å². The summed E-state index contributed by atoms with van der Waals surface area (Å²) < 4.78 is 2.23. The Hall–Kier alpha value is -1.39. The van der Waals surface area contributed by atoms with Gasteiger partial charge in [-0.2, -0.15) is 0 Å². The van der Waals surface area contributed by atoms with Gasteiger partial charge in [-0.15, -0.1) is 0 Å². The number of imidazole rings is 1. The molecule has 0 spiro atoms. The Balaban J connectivity index is 1.54. The van der Waals surface area contributed by atoms with Crippen LogP contribution in [0.1, 0.15) is 58.8 Å². The number of aliphatic hydroxyl groups is 2. The van der Waals surface area contributed by atoms with Crippen molar-refractivity contribution < 1.29 is 10.2 Å². The molecule has 2 fully saturated rings. The second-order valence-electron chi connectivity index (χ2n) is 10.2. The smallest absolute Gasteiger partial charge is 0.0989 e. The number of aliphatic hydroxyl groups excluding tert-OH is 2. The summed E-state index contributed by atoms with van der Waals surface area (Å²) in [6.07, 6.45) is 18.0. The van der Waals surface area contributed by atoms with Gasteiger partial charge in [-0.05, 0) is 74.0 Å².